The Hall–Kier alpha value is -1.96. The summed E-state index contributed by atoms with van der Waals surface area (Å²) in [4.78, 5) is 4.08. The second-order valence-corrected chi connectivity index (χ2v) is 5.33. The van der Waals surface area contributed by atoms with Gasteiger partial charge in [0.1, 0.15) is 5.75 Å². The molecule has 0 spiro atoms. The number of anilines is 1. The van der Waals surface area contributed by atoms with Gasteiger partial charge in [0, 0.05) is 5.69 Å². The van der Waals surface area contributed by atoms with Crippen LogP contribution in [0.3, 0.4) is 0 Å². The fraction of sp³-hybridized carbons (Fsp3) is 0.500. The molecule has 122 valence electrons. The minimum Gasteiger partial charge on any atom is -0.406 e. The molecule has 2 rings (SSSR count). The van der Waals surface area contributed by atoms with E-state index >= 15 is 0 Å². The van der Waals surface area contributed by atoms with E-state index in [1.807, 2.05) is 0 Å². The topological polar surface area (TPSA) is 79.9 Å². The Balaban J connectivity index is 1.89. The number of nitrogens with two attached hydrogens (primary N) is 1. The molecule has 4 N–H and O–H groups in total. The number of hydrogen-bond donors (Lipinski definition) is 3. The third-order valence-corrected chi connectivity index (χ3v) is 3.44. The van der Waals surface area contributed by atoms with Crippen LogP contribution < -0.4 is 15.8 Å². The zero-order chi connectivity index (χ0) is 16.2. The van der Waals surface area contributed by atoms with E-state index in [1.54, 1.807) is 0 Å². The number of guanidine groups is 1. The molecule has 1 fully saturated rings. The van der Waals surface area contributed by atoms with Crippen molar-refractivity contribution in [2.24, 2.45) is 10.7 Å². The van der Waals surface area contributed by atoms with Gasteiger partial charge >= 0.3 is 6.36 Å². The van der Waals surface area contributed by atoms with E-state index in [0.717, 1.165) is 12.8 Å². The van der Waals surface area contributed by atoms with Crippen LogP contribution in [0, 0.1) is 0 Å². The Labute approximate surface area is 126 Å². The molecule has 1 aromatic carbocycles. The second-order valence-electron chi connectivity index (χ2n) is 5.33. The van der Waals surface area contributed by atoms with Crippen molar-refractivity contribution in [1.29, 1.82) is 0 Å². The van der Waals surface area contributed by atoms with Gasteiger partial charge in [0.05, 0.1) is 12.1 Å². The van der Waals surface area contributed by atoms with Gasteiger partial charge in [0.15, 0.2) is 5.96 Å². The van der Waals surface area contributed by atoms with Crippen molar-refractivity contribution in [3.8, 4) is 5.75 Å². The van der Waals surface area contributed by atoms with Crippen LogP contribution in [0.25, 0.3) is 0 Å². The van der Waals surface area contributed by atoms with Gasteiger partial charge in [0.2, 0.25) is 0 Å². The summed E-state index contributed by atoms with van der Waals surface area (Å²) in [5, 5.41) is 12.9. The Morgan fingerprint density at radius 3 is 2.41 bits per heavy atom. The van der Waals surface area contributed by atoms with Gasteiger partial charge < -0.3 is 20.9 Å². The first-order valence-corrected chi connectivity index (χ1v) is 6.91. The van der Waals surface area contributed by atoms with Crippen LogP contribution in [0.5, 0.6) is 5.75 Å². The molecule has 1 aliphatic carbocycles. The molecule has 5 nitrogen and oxygen atoms in total. The summed E-state index contributed by atoms with van der Waals surface area (Å²) in [5.74, 6) is -0.210. The highest BCUT2D eigenvalue weighted by Crippen LogP contribution is 2.29. The molecule has 0 amide bonds. The van der Waals surface area contributed by atoms with Crippen LogP contribution in [0.4, 0.5) is 18.9 Å². The molecule has 1 saturated carbocycles. The molecule has 1 aromatic rings. The predicted octanol–water partition coefficient (Wildman–Crippen LogP) is 2.62. The van der Waals surface area contributed by atoms with Gasteiger partial charge in [-0.3, -0.25) is 4.99 Å². The molecular weight excluding hydrogens is 299 g/mol. The van der Waals surface area contributed by atoms with E-state index < -0.39 is 12.0 Å². The lowest BCUT2D eigenvalue weighted by Gasteiger charge is -2.19. The van der Waals surface area contributed by atoms with Crippen LogP contribution in [-0.2, 0) is 0 Å². The van der Waals surface area contributed by atoms with Crippen molar-refractivity contribution in [3.05, 3.63) is 24.3 Å². The van der Waals surface area contributed by atoms with Gasteiger partial charge in [0.25, 0.3) is 0 Å². The van der Waals surface area contributed by atoms with Gasteiger partial charge in [-0.25, -0.2) is 0 Å². The van der Waals surface area contributed by atoms with Gasteiger partial charge in [-0.15, -0.1) is 13.2 Å². The Bertz CT molecular complexity index is 523. The molecule has 0 saturated heterocycles. The van der Waals surface area contributed by atoms with Gasteiger partial charge in [-0.1, -0.05) is 12.8 Å². The number of benzene rings is 1. The summed E-state index contributed by atoms with van der Waals surface area (Å²) in [5.41, 5.74) is 5.38. The number of hydrogen-bond acceptors (Lipinski definition) is 3. The van der Waals surface area contributed by atoms with Crippen molar-refractivity contribution < 1.29 is 23.0 Å². The summed E-state index contributed by atoms with van der Waals surface area (Å²) < 4.78 is 39.9. The smallest absolute Gasteiger partial charge is 0.406 e. The number of halogens is 3. The lowest BCUT2D eigenvalue weighted by Crippen LogP contribution is -2.31. The molecule has 0 atom stereocenters. The highest BCUT2D eigenvalue weighted by molar-refractivity contribution is 5.92. The number of nitrogens with one attached hydrogen (secondary N) is 1. The highest BCUT2D eigenvalue weighted by atomic mass is 19.4. The lowest BCUT2D eigenvalue weighted by atomic mass is 10.0. The predicted molar refractivity (Wildman–Crippen MR) is 76.7 cm³/mol. The first kappa shape index (κ1) is 16.4. The summed E-state index contributed by atoms with van der Waals surface area (Å²) in [6.45, 7) is 0.209. The fourth-order valence-corrected chi connectivity index (χ4v) is 2.35. The van der Waals surface area contributed by atoms with E-state index in [2.05, 4.69) is 15.0 Å². The summed E-state index contributed by atoms with van der Waals surface area (Å²) >= 11 is 0. The maximum absolute atomic E-state index is 12.0. The normalized spacial score (nSPS) is 18.3. The van der Waals surface area contributed by atoms with Crippen LogP contribution in [0.2, 0.25) is 0 Å². The maximum atomic E-state index is 12.0. The molecular formula is C14H18F3N3O2. The highest BCUT2D eigenvalue weighted by Gasteiger charge is 2.31. The zero-order valence-electron chi connectivity index (χ0n) is 11.9. The minimum absolute atomic E-state index is 0.102. The van der Waals surface area contributed by atoms with Crippen molar-refractivity contribution in [2.45, 2.75) is 37.6 Å². The van der Waals surface area contributed by atoms with Crippen molar-refractivity contribution in [1.82, 2.24) is 0 Å². The summed E-state index contributed by atoms with van der Waals surface area (Å²) in [7, 11) is 0. The van der Waals surface area contributed by atoms with E-state index in [9.17, 15) is 18.3 Å². The third kappa shape index (κ3) is 5.10. The number of aliphatic imine (C=N–C) groups is 1. The van der Waals surface area contributed by atoms with Crippen molar-refractivity contribution >= 4 is 11.6 Å². The summed E-state index contributed by atoms with van der Waals surface area (Å²) in [6.07, 6.45) is -1.37. The molecule has 22 heavy (non-hydrogen) atoms. The fourth-order valence-electron chi connectivity index (χ4n) is 2.35. The number of nitrogens with zero attached hydrogens (tertiary/aromatic N) is 1. The first-order valence-electron chi connectivity index (χ1n) is 6.91. The lowest BCUT2D eigenvalue weighted by molar-refractivity contribution is -0.274. The van der Waals surface area contributed by atoms with Crippen LogP contribution in [0.15, 0.2) is 29.3 Å². The molecule has 8 heteroatoms. The van der Waals surface area contributed by atoms with E-state index in [0.29, 0.717) is 18.5 Å². The van der Waals surface area contributed by atoms with Crippen molar-refractivity contribution in [3.63, 3.8) is 0 Å². The molecule has 0 radical (unpaired) electrons. The SMILES string of the molecule is NC(=NCC1(O)CCCC1)Nc1ccc(OC(F)(F)F)cc1. The van der Waals surface area contributed by atoms with Gasteiger partial charge in [-0.2, -0.15) is 0 Å². The number of ether oxygens (including phenoxy) is 1. The quantitative estimate of drug-likeness (QED) is 0.589. The van der Waals surface area contributed by atoms with Crippen LogP contribution in [0.1, 0.15) is 25.7 Å². The van der Waals surface area contributed by atoms with Gasteiger partial charge in [-0.05, 0) is 37.1 Å². The first-order chi connectivity index (χ1) is 10.3. The Morgan fingerprint density at radius 2 is 1.86 bits per heavy atom. The monoisotopic (exact) mass is 317 g/mol. The van der Waals surface area contributed by atoms with Crippen molar-refractivity contribution in [2.75, 3.05) is 11.9 Å². The standard InChI is InChI=1S/C14H18F3N3O2/c15-14(16,17)22-11-5-3-10(4-6-11)20-12(18)19-9-13(21)7-1-2-8-13/h3-6,21H,1-2,7-9H2,(H3,18,19,20). The molecule has 0 unspecified atom stereocenters. The summed E-state index contributed by atoms with van der Waals surface area (Å²) in [6, 6.07) is 5.14. The maximum Gasteiger partial charge on any atom is 0.573 e. The molecule has 1 aliphatic rings. The Kier molecular flexibility index (Phi) is 4.80. The minimum atomic E-state index is -4.72. The number of rotatable bonds is 4. The van der Waals surface area contributed by atoms with E-state index in [-0.39, 0.29) is 18.3 Å². The Morgan fingerprint density at radius 1 is 1.27 bits per heavy atom. The third-order valence-electron chi connectivity index (χ3n) is 3.44. The van der Waals surface area contributed by atoms with E-state index in [1.165, 1.54) is 24.3 Å². The molecule has 0 aromatic heterocycles. The number of alkyl halides is 3. The molecule has 0 aliphatic heterocycles. The largest absolute Gasteiger partial charge is 0.573 e. The van der Waals surface area contributed by atoms with Crippen LogP contribution in [-0.4, -0.2) is 29.6 Å². The van der Waals surface area contributed by atoms with Crippen LogP contribution >= 0.6 is 0 Å². The average molecular weight is 317 g/mol. The molecule has 0 bridgehead atoms. The second kappa shape index (κ2) is 6.43. The average Bonchev–Trinajstić information content (AvgIpc) is 2.85. The number of aliphatic hydroxyl groups is 1. The molecule has 0 heterocycles. The van der Waals surface area contributed by atoms with E-state index in [4.69, 9.17) is 5.73 Å². The zero-order valence-corrected chi connectivity index (χ0v) is 11.9.